The van der Waals surface area contributed by atoms with Crippen LogP contribution in [0.15, 0.2) is 73.2 Å². The van der Waals surface area contributed by atoms with Crippen molar-refractivity contribution in [1.29, 1.82) is 0 Å². The molecule has 1 atom stereocenters. The van der Waals surface area contributed by atoms with Crippen molar-refractivity contribution in [1.82, 2.24) is 9.97 Å². The number of ether oxygens (including phenoxy) is 1. The Kier molecular flexibility index (Phi) is 7.34. The van der Waals surface area contributed by atoms with Crippen molar-refractivity contribution in [3.8, 4) is 0 Å². The van der Waals surface area contributed by atoms with E-state index in [9.17, 15) is 4.79 Å². The average Bonchev–Trinajstić information content (AvgIpc) is 2.73. The highest BCUT2D eigenvalue weighted by Gasteiger charge is 2.23. The van der Waals surface area contributed by atoms with Crippen molar-refractivity contribution in [2.75, 3.05) is 5.32 Å². The van der Waals surface area contributed by atoms with Gasteiger partial charge in [0.05, 0.1) is 6.10 Å². The van der Waals surface area contributed by atoms with E-state index in [2.05, 4.69) is 27.4 Å². The van der Waals surface area contributed by atoms with Gasteiger partial charge in [-0.1, -0.05) is 60.7 Å². The smallest absolute Gasteiger partial charge is 0.329 e. The molecule has 29 heavy (non-hydrogen) atoms. The molecule has 0 unspecified atom stereocenters. The van der Waals surface area contributed by atoms with Gasteiger partial charge in [-0.2, -0.15) is 0 Å². The highest BCUT2D eigenvalue weighted by atomic mass is 16.5. The van der Waals surface area contributed by atoms with Crippen LogP contribution in [0.2, 0.25) is 0 Å². The maximum Gasteiger partial charge on any atom is 0.329 e. The Morgan fingerprint density at radius 3 is 2.28 bits per heavy atom. The van der Waals surface area contributed by atoms with Gasteiger partial charge in [0.25, 0.3) is 0 Å². The molecule has 2 aromatic carbocycles. The molecule has 3 rings (SSSR count). The number of benzene rings is 2. The molecule has 3 aromatic rings. The van der Waals surface area contributed by atoms with Crippen LogP contribution in [0.1, 0.15) is 30.5 Å². The second-order valence-corrected chi connectivity index (χ2v) is 7.25. The minimum absolute atomic E-state index is 0.175. The molecule has 0 saturated heterocycles. The fraction of sp³-hybridized carbons (Fsp3) is 0.292. The van der Waals surface area contributed by atoms with Gasteiger partial charge < -0.3 is 10.1 Å². The van der Waals surface area contributed by atoms with Gasteiger partial charge in [-0.15, -0.1) is 0 Å². The average molecular weight is 389 g/mol. The number of nitrogens with zero attached hydrogens (tertiary/aromatic N) is 2. The highest BCUT2D eigenvalue weighted by Crippen LogP contribution is 2.17. The van der Waals surface area contributed by atoms with E-state index in [1.165, 1.54) is 11.9 Å². The number of carbonyl (C=O) groups excluding carboxylic acids is 1. The quantitative estimate of drug-likeness (QED) is 0.555. The van der Waals surface area contributed by atoms with E-state index in [0.29, 0.717) is 12.2 Å². The monoisotopic (exact) mass is 389 g/mol. The highest BCUT2D eigenvalue weighted by molar-refractivity contribution is 5.79. The van der Waals surface area contributed by atoms with E-state index >= 15 is 0 Å². The molecule has 0 saturated carbocycles. The molecule has 0 aliphatic heterocycles. The van der Waals surface area contributed by atoms with Gasteiger partial charge in [0.2, 0.25) is 0 Å². The van der Waals surface area contributed by atoms with Gasteiger partial charge in [0, 0.05) is 18.2 Å². The lowest BCUT2D eigenvalue weighted by Gasteiger charge is -2.21. The van der Waals surface area contributed by atoms with Crippen molar-refractivity contribution in [2.24, 2.45) is 0 Å². The first-order chi connectivity index (χ1) is 14.1. The van der Waals surface area contributed by atoms with Gasteiger partial charge in [-0.25, -0.2) is 14.8 Å². The minimum atomic E-state index is -0.523. The van der Waals surface area contributed by atoms with E-state index in [4.69, 9.17) is 4.74 Å². The van der Waals surface area contributed by atoms with Gasteiger partial charge in [-0.05, 0) is 37.8 Å². The molecule has 0 spiro atoms. The van der Waals surface area contributed by atoms with Crippen LogP contribution in [0.3, 0.4) is 0 Å². The summed E-state index contributed by atoms with van der Waals surface area (Å²) < 4.78 is 5.48. The number of carbonyl (C=O) groups is 1. The summed E-state index contributed by atoms with van der Waals surface area (Å²) in [7, 11) is 0. The Hall–Kier alpha value is -3.21. The summed E-state index contributed by atoms with van der Waals surface area (Å²) in [6.07, 6.45) is 5.32. The Bertz CT molecular complexity index is 898. The Balaban J connectivity index is 1.76. The lowest BCUT2D eigenvalue weighted by atomic mass is 10.0. The second-order valence-electron chi connectivity index (χ2n) is 7.25. The molecule has 1 N–H and O–H groups in total. The zero-order chi connectivity index (χ0) is 20.5. The molecule has 0 bridgehead atoms. The molecule has 1 heterocycles. The van der Waals surface area contributed by atoms with Gasteiger partial charge in [0.1, 0.15) is 18.2 Å². The summed E-state index contributed by atoms with van der Waals surface area (Å²) in [6.45, 7) is 3.71. The van der Waals surface area contributed by atoms with E-state index in [0.717, 1.165) is 24.0 Å². The number of aryl methyl sites for hydroxylation is 2. The molecule has 0 amide bonds. The first kappa shape index (κ1) is 20.5. The lowest BCUT2D eigenvalue weighted by Crippen LogP contribution is -2.35. The Labute approximate surface area is 172 Å². The number of anilines is 1. The Morgan fingerprint density at radius 1 is 0.966 bits per heavy atom. The topological polar surface area (TPSA) is 64.1 Å². The maximum atomic E-state index is 12.7. The maximum absolute atomic E-state index is 12.7. The first-order valence-corrected chi connectivity index (χ1v) is 9.95. The van der Waals surface area contributed by atoms with E-state index in [-0.39, 0.29) is 12.1 Å². The fourth-order valence-electron chi connectivity index (χ4n) is 3.12. The van der Waals surface area contributed by atoms with Crippen LogP contribution in [-0.2, 0) is 28.8 Å². The third kappa shape index (κ3) is 6.42. The molecule has 5 heteroatoms. The first-order valence-electron chi connectivity index (χ1n) is 9.95. The minimum Gasteiger partial charge on any atom is -0.461 e. The van der Waals surface area contributed by atoms with Crippen LogP contribution >= 0.6 is 0 Å². The zero-order valence-electron chi connectivity index (χ0n) is 16.9. The predicted octanol–water partition coefficient (Wildman–Crippen LogP) is 4.24. The van der Waals surface area contributed by atoms with Crippen molar-refractivity contribution in [3.05, 3.63) is 89.9 Å². The molecule has 0 radical (unpaired) electrons. The summed E-state index contributed by atoms with van der Waals surface area (Å²) in [5.74, 6) is 0.397. The van der Waals surface area contributed by atoms with Crippen molar-refractivity contribution < 1.29 is 9.53 Å². The Morgan fingerprint density at radius 2 is 1.62 bits per heavy atom. The van der Waals surface area contributed by atoms with Crippen molar-refractivity contribution >= 4 is 11.8 Å². The molecular formula is C24H27N3O2. The molecule has 0 aliphatic rings. The lowest BCUT2D eigenvalue weighted by molar-refractivity contribution is -0.148. The summed E-state index contributed by atoms with van der Waals surface area (Å²) in [5.41, 5.74) is 3.29. The summed E-state index contributed by atoms with van der Waals surface area (Å²) in [4.78, 5) is 21.3. The molecule has 5 nitrogen and oxygen atoms in total. The standard InChI is InChI=1S/C24H27N3O2/c1-18(2)29-24(28)22(15-20-11-7-4-8-12-20)27-23-21(16-25-17-26-23)14-13-19-9-5-3-6-10-19/h3-12,16-18,22H,13-15H2,1-2H3,(H,25,26,27)/t22-/m0/s1. The van der Waals surface area contributed by atoms with Crippen LogP contribution in [0, 0.1) is 0 Å². The van der Waals surface area contributed by atoms with Crippen LogP contribution < -0.4 is 5.32 Å². The zero-order valence-corrected chi connectivity index (χ0v) is 16.9. The summed E-state index contributed by atoms with van der Waals surface area (Å²) in [5, 5.41) is 3.31. The summed E-state index contributed by atoms with van der Waals surface area (Å²) >= 11 is 0. The van der Waals surface area contributed by atoms with Crippen LogP contribution in [0.4, 0.5) is 5.82 Å². The largest absolute Gasteiger partial charge is 0.461 e. The van der Waals surface area contributed by atoms with Crippen molar-refractivity contribution in [3.63, 3.8) is 0 Å². The van der Waals surface area contributed by atoms with Gasteiger partial charge >= 0.3 is 5.97 Å². The van der Waals surface area contributed by atoms with Crippen LogP contribution in [0.5, 0.6) is 0 Å². The van der Waals surface area contributed by atoms with E-state index in [1.54, 1.807) is 0 Å². The van der Waals surface area contributed by atoms with Crippen LogP contribution in [-0.4, -0.2) is 28.1 Å². The molecule has 0 aliphatic carbocycles. The molecule has 0 fully saturated rings. The fourth-order valence-corrected chi connectivity index (χ4v) is 3.12. The van der Waals surface area contributed by atoms with Crippen LogP contribution in [0.25, 0.3) is 0 Å². The molecule has 150 valence electrons. The predicted molar refractivity (Wildman–Crippen MR) is 115 cm³/mol. The second kappa shape index (κ2) is 10.4. The summed E-state index contributed by atoms with van der Waals surface area (Å²) in [6, 6.07) is 19.7. The number of hydrogen-bond acceptors (Lipinski definition) is 5. The number of hydrogen-bond donors (Lipinski definition) is 1. The molecular weight excluding hydrogens is 362 g/mol. The normalized spacial score (nSPS) is 11.8. The third-order valence-corrected chi connectivity index (χ3v) is 4.54. The van der Waals surface area contributed by atoms with Crippen molar-refractivity contribution in [2.45, 2.75) is 45.3 Å². The SMILES string of the molecule is CC(C)OC(=O)[C@H](Cc1ccccc1)Nc1ncncc1CCc1ccccc1. The van der Waals surface area contributed by atoms with E-state index in [1.807, 2.05) is 68.6 Å². The van der Waals surface area contributed by atoms with Gasteiger partial charge in [-0.3, -0.25) is 0 Å². The molecule has 1 aromatic heterocycles. The van der Waals surface area contributed by atoms with E-state index < -0.39 is 6.04 Å². The number of aromatic nitrogens is 2. The number of rotatable bonds is 9. The number of esters is 1. The third-order valence-electron chi connectivity index (χ3n) is 4.54. The number of nitrogens with one attached hydrogen (secondary N) is 1. The van der Waals surface area contributed by atoms with Gasteiger partial charge in [0.15, 0.2) is 0 Å².